The van der Waals surface area contributed by atoms with Crippen molar-refractivity contribution in [3.63, 3.8) is 0 Å². The summed E-state index contributed by atoms with van der Waals surface area (Å²) < 4.78 is 12.0. The number of benzene rings is 1. The summed E-state index contributed by atoms with van der Waals surface area (Å²) in [6.45, 7) is 3.39. The average Bonchev–Trinajstić information content (AvgIpc) is 3.03. The molecule has 11 heteroatoms. The zero-order valence-electron chi connectivity index (χ0n) is 16.8. The standard InChI is InChI=1S/C20H21N3O7S/c1-2-30-19(25)12-18-22(13-17(24)21-7-9-29-10-8-21)20(26)16(31-18)11-14-3-5-15(6-4-14)23(27)28/h3-6,11-12H,2,7-10,13H2,1H3/b16-11-,18-12-. The average molecular weight is 447 g/mol. The number of rotatable bonds is 6. The maximum absolute atomic E-state index is 13.0. The van der Waals surface area contributed by atoms with E-state index in [4.69, 9.17) is 9.47 Å². The van der Waals surface area contributed by atoms with E-state index in [-0.39, 0.29) is 24.7 Å². The number of nitro groups is 1. The summed E-state index contributed by atoms with van der Waals surface area (Å²) >= 11 is 1.04. The SMILES string of the molecule is CCOC(=O)/C=c1\s/c(=C\c2ccc([N+](=O)[O-])cc2)c(=O)n1CC(=O)N1CCOCC1. The maximum atomic E-state index is 13.0. The van der Waals surface area contributed by atoms with Crippen LogP contribution in [0.2, 0.25) is 0 Å². The zero-order chi connectivity index (χ0) is 22.4. The molecular formula is C20H21N3O7S. The van der Waals surface area contributed by atoms with Crippen molar-refractivity contribution in [3.8, 4) is 0 Å². The number of nitrogens with zero attached hydrogens (tertiary/aromatic N) is 3. The number of aromatic nitrogens is 1. The molecule has 10 nitrogen and oxygen atoms in total. The Kier molecular flexibility index (Phi) is 7.32. The van der Waals surface area contributed by atoms with Gasteiger partial charge in [0.2, 0.25) is 5.91 Å². The first-order chi connectivity index (χ1) is 14.9. The van der Waals surface area contributed by atoms with Crippen molar-refractivity contribution in [1.29, 1.82) is 0 Å². The highest BCUT2D eigenvalue weighted by Gasteiger charge is 2.19. The minimum absolute atomic E-state index is 0.0619. The topological polar surface area (TPSA) is 121 Å². The smallest absolute Gasteiger partial charge is 0.333 e. The predicted octanol–water partition coefficient (Wildman–Crippen LogP) is -0.151. The molecule has 1 aliphatic rings. The molecule has 3 rings (SSSR count). The second-order valence-corrected chi connectivity index (χ2v) is 7.64. The second kappa shape index (κ2) is 10.1. The number of carbonyl (C=O) groups excluding carboxylic acids is 2. The van der Waals surface area contributed by atoms with Crippen LogP contribution < -0.4 is 14.8 Å². The van der Waals surface area contributed by atoms with E-state index in [9.17, 15) is 24.5 Å². The van der Waals surface area contributed by atoms with Gasteiger partial charge in [-0.05, 0) is 30.7 Å². The Morgan fingerprint density at radius 3 is 2.55 bits per heavy atom. The molecule has 164 valence electrons. The minimum atomic E-state index is -0.613. The van der Waals surface area contributed by atoms with Gasteiger partial charge in [-0.25, -0.2) is 4.79 Å². The van der Waals surface area contributed by atoms with Gasteiger partial charge in [-0.1, -0.05) is 0 Å². The van der Waals surface area contributed by atoms with E-state index in [1.165, 1.54) is 34.9 Å². The van der Waals surface area contributed by atoms with Crippen LogP contribution in [0.15, 0.2) is 29.1 Å². The third kappa shape index (κ3) is 5.64. The van der Waals surface area contributed by atoms with E-state index in [0.29, 0.717) is 41.1 Å². The van der Waals surface area contributed by atoms with Gasteiger partial charge in [0.15, 0.2) is 0 Å². The van der Waals surface area contributed by atoms with Crippen molar-refractivity contribution in [1.82, 2.24) is 9.47 Å². The normalized spacial score (nSPS) is 15.2. The van der Waals surface area contributed by atoms with Gasteiger partial charge in [-0.3, -0.25) is 24.3 Å². The van der Waals surface area contributed by atoms with Crippen LogP contribution in [0.3, 0.4) is 0 Å². The van der Waals surface area contributed by atoms with E-state index in [0.717, 1.165) is 11.3 Å². The van der Waals surface area contributed by atoms with Crippen molar-refractivity contribution in [2.24, 2.45) is 0 Å². The summed E-state index contributed by atoms with van der Waals surface area (Å²) in [6, 6.07) is 5.72. The minimum Gasteiger partial charge on any atom is -0.463 e. The first-order valence-corrected chi connectivity index (χ1v) is 10.4. The molecule has 0 N–H and O–H groups in total. The molecule has 0 unspecified atom stereocenters. The van der Waals surface area contributed by atoms with Crippen LogP contribution in [0, 0.1) is 10.1 Å². The molecule has 0 bridgehead atoms. The highest BCUT2D eigenvalue weighted by atomic mass is 32.1. The van der Waals surface area contributed by atoms with E-state index < -0.39 is 16.5 Å². The number of carbonyl (C=O) groups is 2. The van der Waals surface area contributed by atoms with Crippen molar-refractivity contribution in [2.75, 3.05) is 32.9 Å². The van der Waals surface area contributed by atoms with Crippen LogP contribution >= 0.6 is 11.3 Å². The van der Waals surface area contributed by atoms with E-state index >= 15 is 0 Å². The second-order valence-electron chi connectivity index (χ2n) is 6.58. The molecule has 1 fully saturated rings. The molecule has 0 spiro atoms. The van der Waals surface area contributed by atoms with Crippen molar-refractivity contribution in [3.05, 3.63) is 59.5 Å². The fourth-order valence-corrected chi connectivity index (χ4v) is 4.00. The molecule has 0 radical (unpaired) electrons. The summed E-state index contributed by atoms with van der Waals surface area (Å²) in [4.78, 5) is 49.5. The molecule has 2 heterocycles. The van der Waals surface area contributed by atoms with Crippen molar-refractivity contribution >= 4 is 41.1 Å². The Labute approximate surface area is 180 Å². The molecule has 1 aliphatic heterocycles. The fourth-order valence-electron chi connectivity index (χ4n) is 2.97. The highest BCUT2D eigenvalue weighted by Crippen LogP contribution is 2.12. The van der Waals surface area contributed by atoms with Crippen LogP contribution in [0.25, 0.3) is 12.2 Å². The summed E-state index contributed by atoms with van der Waals surface area (Å²) in [5.74, 6) is -0.859. The summed E-state index contributed by atoms with van der Waals surface area (Å²) in [7, 11) is 0. The van der Waals surface area contributed by atoms with Gasteiger partial charge in [-0.2, -0.15) is 0 Å². The van der Waals surface area contributed by atoms with Crippen molar-refractivity contribution < 1.29 is 24.0 Å². The quantitative estimate of drug-likeness (QED) is 0.343. The fraction of sp³-hybridized carbons (Fsp3) is 0.350. The molecule has 2 aromatic rings. The predicted molar refractivity (Wildman–Crippen MR) is 113 cm³/mol. The number of nitro benzene ring substituents is 1. The number of esters is 1. The highest BCUT2D eigenvalue weighted by molar-refractivity contribution is 7.07. The first-order valence-electron chi connectivity index (χ1n) is 9.59. The Morgan fingerprint density at radius 1 is 1.26 bits per heavy atom. The lowest BCUT2D eigenvalue weighted by atomic mass is 10.2. The van der Waals surface area contributed by atoms with Gasteiger partial charge < -0.3 is 14.4 Å². The number of non-ortho nitro benzene ring substituents is 1. The van der Waals surface area contributed by atoms with Gasteiger partial charge >= 0.3 is 5.97 Å². The molecule has 0 atom stereocenters. The molecule has 1 aromatic carbocycles. The molecule has 31 heavy (non-hydrogen) atoms. The molecule has 1 amide bonds. The number of thiazole rings is 1. The molecule has 0 saturated carbocycles. The number of morpholine rings is 1. The Balaban J connectivity index is 2.00. The third-order valence-corrected chi connectivity index (χ3v) is 5.58. The Morgan fingerprint density at radius 2 is 1.94 bits per heavy atom. The lowest BCUT2D eigenvalue weighted by molar-refractivity contribution is -0.384. The van der Waals surface area contributed by atoms with Gasteiger partial charge in [-0.15, -0.1) is 11.3 Å². The summed E-state index contributed by atoms with van der Waals surface area (Å²) in [6.07, 6.45) is 2.75. The van der Waals surface area contributed by atoms with Gasteiger partial charge in [0.1, 0.15) is 11.2 Å². The lowest BCUT2D eigenvalue weighted by Crippen LogP contribution is -2.45. The number of hydrogen-bond donors (Lipinski definition) is 0. The Bertz CT molecular complexity index is 1140. The third-order valence-electron chi connectivity index (χ3n) is 4.52. The van der Waals surface area contributed by atoms with Crippen LogP contribution in [0.4, 0.5) is 5.69 Å². The molecule has 1 saturated heterocycles. The van der Waals surface area contributed by atoms with Crippen LogP contribution in [0.1, 0.15) is 12.5 Å². The number of amides is 1. The van der Waals surface area contributed by atoms with Crippen LogP contribution in [-0.4, -0.2) is 59.2 Å². The Hall–Kier alpha value is -3.31. The van der Waals surface area contributed by atoms with E-state index in [2.05, 4.69) is 0 Å². The van der Waals surface area contributed by atoms with Gasteiger partial charge in [0.05, 0.1) is 35.4 Å². The van der Waals surface area contributed by atoms with E-state index in [1.807, 2.05) is 0 Å². The van der Waals surface area contributed by atoms with Crippen molar-refractivity contribution in [2.45, 2.75) is 13.5 Å². The first kappa shape index (κ1) is 22.4. The van der Waals surface area contributed by atoms with Crippen LogP contribution in [0.5, 0.6) is 0 Å². The molecule has 0 aliphatic carbocycles. The van der Waals surface area contributed by atoms with E-state index in [1.54, 1.807) is 17.9 Å². The summed E-state index contributed by atoms with van der Waals surface area (Å²) in [5.41, 5.74) is 0.0898. The summed E-state index contributed by atoms with van der Waals surface area (Å²) in [5, 5.41) is 10.8. The van der Waals surface area contributed by atoms with Gasteiger partial charge in [0, 0.05) is 25.2 Å². The number of ether oxygens (including phenoxy) is 2. The number of hydrogen-bond acceptors (Lipinski definition) is 8. The molecule has 1 aromatic heterocycles. The van der Waals surface area contributed by atoms with Gasteiger partial charge in [0.25, 0.3) is 11.2 Å². The monoisotopic (exact) mass is 447 g/mol. The zero-order valence-corrected chi connectivity index (χ0v) is 17.6. The maximum Gasteiger partial charge on any atom is 0.333 e. The lowest BCUT2D eigenvalue weighted by Gasteiger charge is -2.26. The largest absolute Gasteiger partial charge is 0.463 e. The molecular weight excluding hydrogens is 426 g/mol. The van der Waals surface area contributed by atoms with Crippen LogP contribution in [-0.2, 0) is 25.6 Å².